The fourth-order valence-electron chi connectivity index (χ4n) is 3.54. The molecule has 4 rings (SSSR count). The van der Waals surface area contributed by atoms with Gasteiger partial charge in [0.05, 0.1) is 6.04 Å². The van der Waals surface area contributed by atoms with E-state index >= 15 is 0 Å². The van der Waals surface area contributed by atoms with E-state index in [1.165, 1.54) is 11.9 Å². The zero-order valence-corrected chi connectivity index (χ0v) is 14.7. The zero-order chi connectivity index (χ0) is 17.9. The molecule has 2 unspecified atom stereocenters. The highest BCUT2D eigenvalue weighted by atomic mass is 16.2. The van der Waals surface area contributed by atoms with E-state index in [0.29, 0.717) is 17.4 Å². The molecule has 1 aliphatic heterocycles. The van der Waals surface area contributed by atoms with Crippen LogP contribution in [0.3, 0.4) is 0 Å². The van der Waals surface area contributed by atoms with Crippen LogP contribution in [-0.2, 0) is 0 Å². The molecule has 26 heavy (non-hydrogen) atoms. The van der Waals surface area contributed by atoms with Crippen molar-refractivity contribution in [3.63, 3.8) is 0 Å². The molecule has 0 radical (unpaired) electrons. The van der Waals surface area contributed by atoms with Crippen LogP contribution in [0.4, 0.5) is 0 Å². The first-order valence-corrected chi connectivity index (χ1v) is 8.90. The minimum absolute atomic E-state index is 0.0348. The van der Waals surface area contributed by atoms with Crippen molar-refractivity contribution in [3.8, 4) is 5.82 Å². The average molecular weight is 347 g/mol. The fourth-order valence-corrected chi connectivity index (χ4v) is 3.54. The summed E-state index contributed by atoms with van der Waals surface area (Å²) in [4.78, 5) is 23.7. The average Bonchev–Trinajstić information content (AvgIpc) is 3.23. The Morgan fingerprint density at radius 1 is 1.08 bits per heavy atom. The van der Waals surface area contributed by atoms with Crippen molar-refractivity contribution in [1.29, 1.82) is 0 Å². The van der Waals surface area contributed by atoms with Crippen LogP contribution in [0.25, 0.3) is 5.82 Å². The minimum Gasteiger partial charge on any atom is -0.330 e. The van der Waals surface area contributed by atoms with Gasteiger partial charge in [0.2, 0.25) is 0 Å². The quantitative estimate of drug-likeness (QED) is 0.729. The van der Waals surface area contributed by atoms with Gasteiger partial charge < -0.3 is 4.90 Å². The van der Waals surface area contributed by atoms with E-state index in [2.05, 4.69) is 34.1 Å². The molecule has 1 saturated heterocycles. The van der Waals surface area contributed by atoms with Crippen molar-refractivity contribution in [3.05, 3.63) is 72.4 Å². The summed E-state index contributed by atoms with van der Waals surface area (Å²) in [6, 6.07) is 15.8. The second kappa shape index (κ2) is 7.07. The van der Waals surface area contributed by atoms with Gasteiger partial charge in [0.25, 0.3) is 5.91 Å². The molecule has 0 aliphatic carbocycles. The predicted octanol–water partition coefficient (Wildman–Crippen LogP) is 3.28. The summed E-state index contributed by atoms with van der Waals surface area (Å²) in [7, 11) is 0. The number of carbonyl (C=O) groups is 1. The van der Waals surface area contributed by atoms with Gasteiger partial charge in [-0.05, 0) is 36.5 Å². The summed E-state index contributed by atoms with van der Waals surface area (Å²) in [6.07, 6.45) is 5.12. The number of nitrogens with zero attached hydrogens (tertiary/aromatic N) is 5. The molecule has 0 bridgehead atoms. The summed E-state index contributed by atoms with van der Waals surface area (Å²) in [5.41, 5.74) is 1.62. The lowest BCUT2D eigenvalue weighted by Crippen LogP contribution is -2.42. The second-order valence-electron chi connectivity index (χ2n) is 6.79. The first-order valence-electron chi connectivity index (χ1n) is 8.90. The Morgan fingerprint density at radius 2 is 1.92 bits per heavy atom. The number of hydrogen-bond donors (Lipinski definition) is 0. The van der Waals surface area contributed by atoms with Crippen molar-refractivity contribution in [1.82, 2.24) is 24.6 Å². The Hall–Kier alpha value is -3.02. The van der Waals surface area contributed by atoms with E-state index < -0.39 is 0 Å². The van der Waals surface area contributed by atoms with E-state index in [1.807, 2.05) is 35.2 Å². The third kappa shape index (κ3) is 3.22. The third-order valence-electron chi connectivity index (χ3n) is 4.87. The lowest BCUT2D eigenvalue weighted by Gasteiger charge is -2.39. The predicted molar refractivity (Wildman–Crippen MR) is 97.8 cm³/mol. The zero-order valence-electron chi connectivity index (χ0n) is 14.7. The van der Waals surface area contributed by atoms with Crippen LogP contribution in [0.5, 0.6) is 0 Å². The number of hydrogen-bond acceptors (Lipinski definition) is 4. The molecule has 3 aromatic rings. The number of amides is 1. The number of rotatable bonds is 3. The van der Waals surface area contributed by atoms with Crippen molar-refractivity contribution < 1.29 is 4.79 Å². The van der Waals surface area contributed by atoms with Crippen molar-refractivity contribution in [2.75, 3.05) is 6.54 Å². The van der Waals surface area contributed by atoms with Crippen LogP contribution in [0, 0.1) is 5.92 Å². The van der Waals surface area contributed by atoms with Gasteiger partial charge in [-0.3, -0.25) is 4.79 Å². The highest BCUT2D eigenvalue weighted by Crippen LogP contribution is 2.34. The molecule has 0 N–H and O–H groups in total. The van der Waals surface area contributed by atoms with E-state index in [4.69, 9.17) is 0 Å². The number of pyridine rings is 1. The Kier molecular flexibility index (Phi) is 4.48. The van der Waals surface area contributed by atoms with Crippen LogP contribution in [0.15, 0.2) is 61.2 Å². The van der Waals surface area contributed by atoms with E-state index in [1.54, 1.807) is 17.1 Å². The van der Waals surface area contributed by atoms with E-state index in [-0.39, 0.29) is 11.9 Å². The first-order chi connectivity index (χ1) is 12.7. The van der Waals surface area contributed by atoms with Gasteiger partial charge in [0.15, 0.2) is 5.82 Å². The van der Waals surface area contributed by atoms with Gasteiger partial charge >= 0.3 is 0 Å². The lowest BCUT2D eigenvalue weighted by atomic mass is 9.89. The molecule has 6 nitrogen and oxygen atoms in total. The maximum atomic E-state index is 13.3. The molecule has 1 aliphatic rings. The summed E-state index contributed by atoms with van der Waals surface area (Å²) < 4.78 is 1.56. The standard InChI is InChI=1S/C20H21N5O/c1-15-10-11-18(16-6-3-2-4-7-16)24(12-15)20(26)17-8-5-9-19(23-17)25-14-21-13-22-25/h2-9,13-15,18H,10-12H2,1H3. The van der Waals surface area contributed by atoms with Crippen LogP contribution < -0.4 is 0 Å². The van der Waals surface area contributed by atoms with Gasteiger partial charge in [-0.1, -0.05) is 43.3 Å². The maximum Gasteiger partial charge on any atom is 0.273 e. The van der Waals surface area contributed by atoms with E-state index in [9.17, 15) is 4.79 Å². The van der Waals surface area contributed by atoms with Gasteiger partial charge in [0, 0.05) is 6.54 Å². The Bertz CT molecular complexity index is 878. The molecule has 6 heteroatoms. The number of piperidine rings is 1. The van der Waals surface area contributed by atoms with Crippen molar-refractivity contribution in [2.24, 2.45) is 5.92 Å². The Balaban J connectivity index is 1.65. The summed E-state index contributed by atoms with van der Waals surface area (Å²) in [6.45, 7) is 2.94. The maximum absolute atomic E-state index is 13.3. The van der Waals surface area contributed by atoms with Crippen LogP contribution >= 0.6 is 0 Å². The smallest absolute Gasteiger partial charge is 0.273 e. The van der Waals surface area contributed by atoms with Crippen LogP contribution in [0.1, 0.15) is 41.9 Å². The highest BCUT2D eigenvalue weighted by molar-refractivity contribution is 5.93. The Morgan fingerprint density at radius 3 is 2.69 bits per heavy atom. The first kappa shape index (κ1) is 16.4. The lowest BCUT2D eigenvalue weighted by molar-refractivity contribution is 0.0538. The van der Waals surface area contributed by atoms with E-state index in [0.717, 1.165) is 19.4 Å². The van der Waals surface area contributed by atoms with Gasteiger partial charge in [-0.15, -0.1) is 0 Å². The fraction of sp³-hybridized carbons (Fsp3) is 0.300. The Labute approximate surface area is 152 Å². The summed E-state index contributed by atoms with van der Waals surface area (Å²) in [5.74, 6) is 1.04. The number of benzene rings is 1. The molecule has 2 aromatic heterocycles. The minimum atomic E-state index is -0.0348. The van der Waals surface area contributed by atoms with Gasteiger partial charge in [-0.2, -0.15) is 5.10 Å². The van der Waals surface area contributed by atoms with Crippen LogP contribution in [0.2, 0.25) is 0 Å². The largest absolute Gasteiger partial charge is 0.330 e. The molecular weight excluding hydrogens is 326 g/mol. The molecule has 1 fully saturated rings. The molecule has 1 amide bonds. The SMILES string of the molecule is CC1CCC(c2ccccc2)N(C(=O)c2cccc(-n3cncn3)n2)C1. The molecular formula is C20H21N5O. The molecule has 0 spiro atoms. The topological polar surface area (TPSA) is 63.9 Å². The molecule has 2 atom stereocenters. The second-order valence-corrected chi connectivity index (χ2v) is 6.79. The van der Waals surface area contributed by atoms with Gasteiger partial charge in [0.1, 0.15) is 18.3 Å². The normalized spacial score (nSPS) is 20.1. The monoisotopic (exact) mass is 347 g/mol. The number of carbonyl (C=O) groups excluding carboxylic acids is 1. The van der Waals surface area contributed by atoms with Crippen molar-refractivity contribution in [2.45, 2.75) is 25.8 Å². The molecule has 1 aromatic carbocycles. The molecule has 0 saturated carbocycles. The molecule has 3 heterocycles. The molecule has 132 valence electrons. The third-order valence-corrected chi connectivity index (χ3v) is 4.87. The number of aromatic nitrogens is 4. The van der Waals surface area contributed by atoms with Crippen molar-refractivity contribution >= 4 is 5.91 Å². The van der Waals surface area contributed by atoms with Crippen LogP contribution in [-0.4, -0.2) is 37.1 Å². The summed E-state index contributed by atoms with van der Waals surface area (Å²) in [5, 5.41) is 4.09. The highest BCUT2D eigenvalue weighted by Gasteiger charge is 2.32. The van der Waals surface area contributed by atoms with Gasteiger partial charge in [-0.25, -0.2) is 14.6 Å². The number of likely N-dealkylation sites (tertiary alicyclic amines) is 1. The summed E-state index contributed by atoms with van der Waals surface area (Å²) >= 11 is 0.